The smallest absolute Gasteiger partial charge is 0.294 e. The predicted molar refractivity (Wildman–Crippen MR) is 130 cm³/mol. The van der Waals surface area contributed by atoms with Gasteiger partial charge >= 0.3 is 0 Å². The van der Waals surface area contributed by atoms with E-state index < -0.39 is 11.1 Å². The number of amides is 3. The van der Waals surface area contributed by atoms with Gasteiger partial charge in [-0.05, 0) is 42.1 Å². The van der Waals surface area contributed by atoms with Gasteiger partial charge < -0.3 is 14.4 Å². The Balaban J connectivity index is 1.50. The maximum Gasteiger partial charge on any atom is 0.294 e. The number of carbonyl (C=O) groups excluding carboxylic acids is 3. The minimum Gasteiger partial charge on any atom is -0.488 e. The standard InChI is InChI=1S/C23H20BrClN2O5S/c24-17-5-6-19(32-14-15-3-1-2-4-18(15)25)16(11-17)12-20-22(29)27(23(30)33-20)13-21(28)26-7-9-31-10-8-26/h1-6,11-12H,7-10,13-14H2/b20-12-. The Morgan fingerprint density at radius 1 is 1.18 bits per heavy atom. The zero-order valence-electron chi connectivity index (χ0n) is 17.5. The number of halogens is 2. The Kier molecular flexibility index (Phi) is 7.75. The summed E-state index contributed by atoms with van der Waals surface area (Å²) in [5.41, 5.74) is 1.46. The summed E-state index contributed by atoms with van der Waals surface area (Å²) in [5.74, 6) is -0.231. The summed E-state index contributed by atoms with van der Waals surface area (Å²) in [6.45, 7) is 1.78. The van der Waals surface area contributed by atoms with Crippen LogP contribution in [0, 0.1) is 0 Å². The van der Waals surface area contributed by atoms with Crippen LogP contribution in [-0.4, -0.2) is 59.7 Å². The van der Waals surface area contributed by atoms with Gasteiger partial charge in [0.2, 0.25) is 5.91 Å². The number of imide groups is 1. The van der Waals surface area contributed by atoms with Crippen molar-refractivity contribution in [2.45, 2.75) is 6.61 Å². The number of morpholine rings is 1. The lowest BCUT2D eigenvalue weighted by molar-refractivity contribution is -0.139. The zero-order chi connectivity index (χ0) is 23.4. The third-order valence-electron chi connectivity index (χ3n) is 5.13. The summed E-state index contributed by atoms with van der Waals surface area (Å²) < 4.78 is 12.0. The van der Waals surface area contributed by atoms with Crippen LogP contribution in [0.3, 0.4) is 0 Å². The first-order chi connectivity index (χ1) is 15.9. The first kappa shape index (κ1) is 23.8. The molecule has 3 amide bonds. The van der Waals surface area contributed by atoms with Crippen molar-refractivity contribution in [2.24, 2.45) is 0 Å². The van der Waals surface area contributed by atoms with E-state index in [0.717, 1.165) is 26.7 Å². The zero-order valence-corrected chi connectivity index (χ0v) is 20.6. The number of hydrogen-bond acceptors (Lipinski definition) is 6. The Hall–Kier alpha value is -2.33. The molecular weight excluding hydrogens is 532 g/mol. The molecule has 7 nitrogen and oxygen atoms in total. The van der Waals surface area contributed by atoms with Crippen LogP contribution >= 0.6 is 39.3 Å². The summed E-state index contributed by atoms with van der Waals surface area (Å²) in [6.07, 6.45) is 1.61. The van der Waals surface area contributed by atoms with Gasteiger partial charge in [-0.25, -0.2) is 0 Å². The van der Waals surface area contributed by atoms with E-state index in [4.69, 9.17) is 21.1 Å². The molecule has 33 heavy (non-hydrogen) atoms. The van der Waals surface area contributed by atoms with Crippen LogP contribution in [-0.2, 0) is 20.9 Å². The number of carbonyl (C=O) groups is 3. The van der Waals surface area contributed by atoms with Gasteiger partial charge in [0.1, 0.15) is 18.9 Å². The first-order valence-corrected chi connectivity index (χ1v) is 12.2. The summed E-state index contributed by atoms with van der Waals surface area (Å²) in [7, 11) is 0. The second-order valence-corrected chi connectivity index (χ2v) is 9.64. The third kappa shape index (κ3) is 5.78. The summed E-state index contributed by atoms with van der Waals surface area (Å²) in [4.78, 5) is 40.7. The molecular formula is C23H20BrClN2O5S. The second-order valence-electron chi connectivity index (χ2n) is 7.32. The van der Waals surface area contributed by atoms with Crippen LogP contribution in [0.1, 0.15) is 11.1 Å². The molecule has 2 aromatic rings. The lowest BCUT2D eigenvalue weighted by Gasteiger charge is -2.28. The quantitative estimate of drug-likeness (QED) is 0.490. The maximum atomic E-state index is 12.9. The molecule has 0 bridgehead atoms. The fourth-order valence-corrected chi connectivity index (χ4v) is 4.76. The van der Waals surface area contributed by atoms with Gasteiger partial charge in [0.05, 0.1) is 18.1 Å². The van der Waals surface area contributed by atoms with E-state index in [1.165, 1.54) is 0 Å². The van der Waals surface area contributed by atoms with Crippen LogP contribution in [0.5, 0.6) is 5.75 Å². The van der Waals surface area contributed by atoms with Gasteiger partial charge in [-0.2, -0.15) is 0 Å². The number of hydrogen-bond donors (Lipinski definition) is 0. The van der Waals surface area contributed by atoms with Crippen LogP contribution in [0.15, 0.2) is 51.8 Å². The minimum absolute atomic E-state index is 0.232. The molecule has 0 N–H and O–H groups in total. The van der Waals surface area contributed by atoms with Crippen molar-refractivity contribution in [3.63, 3.8) is 0 Å². The van der Waals surface area contributed by atoms with Crippen molar-refractivity contribution in [3.8, 4) is 5.75 Å². The highest BCUT2D eigenvalue weighted by molar-refractivity contribution is 9.10. The lowest BCUT2D eigenvalue weighted by Crippen LogP contribution is -2.46. The van der Waals surface area contributed by atoms with Crippen molar-refractivity contribution < 1.29 is 23.9 Å². The van der Waals surface area contributed by atoms with E-state index >= 15 is 0 Å². The van der Waals surface area contributed by atoms with Crippen molar-refractivity contribution in [2.75, 3.05) is 32.8 Å². The molecule has 2 fully saturated rings. The van der Waals surface area contributed by atoms with E-state index in [2.05, 4.69) is 15.9 Å². The fraction of sp³-hybridized carbons (Fsp3) is 0.261. The molecule has 0 aromatic heterocycles. The number of ether oxygens (including phenoxy) is 2. The van der Waals surface area contributed by atoms with E-state index in [1.807, 2.05) is 24.3 Å². The Morgan fingerprint density at radius 2 is 1.94 bits per heavy atom. The van der Waals surface area contributed by atoms with E-state index in [-0.39, 0.29) is 24.0 Å². The second kappa shape index (κ2) is 10.7. The van der Waals surface area contributed by atoms with E-state index in [0.29, 0.717) is 42.6 Å². The molecule has 2 aliphatic heterocycles. The van der Waals surface area contributed by atoms with Crippen molar-refractivity contribution in [1.29, 1.82) is 0 Å². The number of nitrogens with zero attached hydrogens (tertiary/aromatic N) is 2. The molecule has 0 radical (unpaired) electrons. The highest BCUT2D eigenvalue weighted by atomic mass is 79.9. The van der Waals surface area contributed by atoms with Gasteiger partial charge in [-0.15, -0.1) is 0 Å². The Labute approximate surface area is 208 Å². The molecule has 2 aliphatic rings. The summed E-state index contributed by atoms with van der Waals surface area (Å²) >= 11 is 10.5. The first-order valence-electron chi connectivity index (χ1n) is 10.2. The van der Waals surface area contributed by atoms with E-state index in [1.54, 1.807) is 29.2 Å². The maximum absolute atomic E-state index is 12.9. The number of rotatable bonds is 6. The molecule has 0 spiro atoms. The minimum atomic E-state index is -0.497. The third-order valence-corrected chi connectivity index (χ3v) is 6.90. The largest absolute Gasteiger partial charge is 0.488 e. The molecule has 2 saturated heterocycles. The molecule has 0 aliphatic carbocycles. The van der Waals surface area contributed by atoms with Gasteiger partial charge in [-0.3, -0.25) is 19.3 Å². The molecule has 0 unspecified atom stereocenters. The van der Waals surface area contributed by atoms with Gasteiger partial charge in [0.25, 0.3) is 11.1 Å². The fourth-order valence-electron chi connectivity index (χ4n) is 3.36. The topological polar surface area (TPSA) is 76.2 Å². The molecule has 2 heterocycles. The van der Waals surface area contributed by atoms with Crippen molar-refractivity contribution in [3.05, 3.63) is 68.0 Å². The SMILES string of the molecule is O=C(CN1C(=O)S/C(=C\c2cc(Br)ccc2OCc2ccccc2Cl)C1=O)N1CCOCC1. The number of thioether (sulfide) groups is 1. The molecule has 0 saturated carbocycles. The van der Waals surface area contributed by atoms with Gasteiger partial charge in [0, 0.05) is 33.7 Å². The summed E-state index contributed by atoms with van der Waals surface area (Å²) in [5, 5.41) is 0.128. The van der Waals surface area contributed by atoms with Crippen molar-refractivity contribution in [1.82, 2.24) is 9.80 Å². The Bertz CT molecular complexity index is 1120. The van der Waals surface area contributed by atoms with Crippen LogP contribution in [0.2, 0.25) is 5.02 Å². The van der Waals surface area contributed by atoms with Crippen LogP contribution < -0.4 is 4.74 Å². The lowest BCUT2D eigenvalue weighted by atomic mass is 10.1. The normalized spacial score (nSPS) is 17.7. The average Bonchev–Trinajstić information content (AvgIpc) is 3.07. The molecule has 10 heteroatoms. The molecule has 172 valence electrons. The van der Waals surface area contributed by atoms with Crippen LogP contribution in [0.4, 0.5) is 4.79 Å². The molecule has 4 rings (SSSR count). The van der Waals surface area contributed by atoms with Gasteiger partial charge in [-0.1, -0.05) is 45.7 Å². The highest BCUT2D eigenvalue weighted by Gasteiger charge is 2.37. The Morgan fingerprint density at radius 3 is 2.70 bits per heavy atom. The molecule has 0 atom stereocenters. The number of benzene rings is 2. The average molecular weight is 552 g/mol. The van der Waals surface area contributed by atoms with Crippen LogP contribution in [0.25, 0.3) is 6.08 Å². The predicted octanol–water partition coefficient (Wildman–Crippen LogP) is 4.58. The molecule has 2 aromatic carbocycles. The van der Waals surface area contributed by atoms with Gasteiger partial charge in [0.15, 0.2) is 0 Å². The van der Waals surface area contributed by atoms with Crippen molar-refractivity contribution >= 4 is 62.4 Å². The summed E-state index contributed by atoms with van der Waals surface area (Å²) in [6, 6.07) is 12.8. The van der Waals surface area contributed by atoms with E-state index in [9.17, 15) is 14.4 Å². The highest BCUT2D eigenvalue weighted by Crippen LogP contribution is 2.35. The monoisotopic (exact) mass is 550 g/mol.